The molecule has 2 rings (SSSR count). The number of nitrogens with one attached hydrogen (secondary N) is 1. The van der Waals surface area contributed by atoms with Crippen LogP contribution in [0.2, 0.25) is 0 Å². The van der Waals surface area contributed by atoms with Gasteiger partial charge in [0.15, 0.2) is 6.54 Å². The summed E-state index contributed by atoms with van der Waals surface area (Å²) < 4.78 is 0. The first kappa shape index (κ1) is 16.2. The lowest BCUT2D eigenvalue weighted by Gasteiger charge is -2.14. The van der Waals surface area contributed by atoms with Crippen LogP contribution in [-0.2, 0) is 4.79 Å². The van der Waals surface area contributed by atoms with Gasteiger partial charge in [0, 0.05) is 11.3 Å². The van der Waals surface area contributed by atoms with Crippen molar-refractivity contribution in [2.75, 3.05) is 11.9 Å². The number of amides is 1. The number of hydrogen-bond donors (Lipinski definition) is 2. The monoisotopic (exact) mass is 297 g/mol. The lowest BCUT2D eigenvalue weighted by atomic mass is 10.0. The van der Waals surface area contributed by atoms with Gasteiger partial charge in [0.25, 0.3) is 5.91 Å². The molecule has 0 unspecified atom stereocenters. The minimum Gasteiger partial charge on any atom is -0.333 e. The third-order valence-corrected chi connectivity index (χ3v) is 3.84. The van der Waals surface area contributed by atoms with Crippen molar-refractivity contribution in [2.24, 2.45) is 0 Å². The Balaban J connectivity index is 1.91. The second-order valence-electron chi connectivity index (χ2n) is 5.93. The van der Waals surface area contributed by atoms with Crippen LogP contribution in [0.5, 0.6) is 0 Å². The number of anilines is 1. The average Bonchev–Trinajstić information content (AvgIpc) is 2.53. The second kappa shape index (κ2) is 7.76. The van der Waals surface area contributed by atoms with Crippen LogP contribution in [0.25, 0.3) is 0 Å². The Hall–Kier alpha value is -2.13. The van der Waals surface area contributed by atoms with Gasteiger partial charge in [-0.15, -0.1) is 0 Å². The van der Waals surface area contributed by atoms with Crippen LogP contribution < -0.4 is 10.6 Å². The highest BCUT2D eigenvalue weighted by molar-refractivity contribution is 5.92. The first-order valence-corrected chi connectivity index (χ1v) is 7.85. The number of quaternary nitrogens is 1. The van der Waals surface area contributed by atoms with Gasteiger partial charge < -0.3 is 10.6 Å². The van der Waals surface area contributed by atoms with Gasteiger partial charge in [0.05, 0.1) is 0 Å². The van der Waals surface area contributed by atoms with E-state index in [1.165, 1.54) is 11.1 Å². The molecule has 2 aromatic carbocycles. The van der Waals surface area contributed by atoms with Crippen LogP contribution in [0, 0.1) is 0 Å². The van der Waals surface area contributed by atoms with E-state index in [9.17, 15) is 4.79 Å². The van der Waals surface area contributed by atoms with Crippen molar-refractivity contribution in [2.45, 2.75) is 32.7 Å². The van der Waals surface area contributed by atoms with Crippen LogP contribution >= 0.6 is 0 Å². The molecule has 1 atom stereocenters. The molecule has 0 fully saturated rings. The third kappa shape index (κ3) is 4.43. The molecule has 0 aliphatic rings. The SMILES string of the molecule is CC(C)c1ccccc1NC(=O)C[NH2+][C@@H](C)c1ccccc1. The number of hydrogen-bond acceptors (Lipinski definition) is 1. The molecular formula is C19H25N2O+. The predicted octanol–water partition coefficient (Wildman–Crippen LogP) is 3.07. The van der Waals surface area contributed by atoms with E-state index in [-0.39, 0.29) is 11.9 Å². The summed E-state index contributed by atoms with van der Waals surface area (Å²) in [6.07, 6.45) is 0. The predicted molar refractivity (Wildman–Crippen MR) is 90.8 cm³/mol. The maximum atomic E-state index is 12.2. The van der Waals surface area contributed by atoms with E-state index in [0.717, 1.165) is 5.69 Å². The lowest BCUT2D eigenvalue weighted by Crippen LogP contribution is -2.86. The summed E-state index contributed by atoms with van der Waals surface area (Å²) in [5.41, 5.74) is 3.33. The molecule has 0 bridgehead atoms. The van der Waals surface area contributed by atoms with E-state index in [4.69, 9.17) is 0 Å². The number of nitrogens with two attached hydrogens (primary N) is 1. The molecule has 0 aromatic heterocycles. The van der Waals surface area contributed by atoms with Crippen molar-refractivity contribution in [3.8, 4) is 0 Å². The molecule has 0 radical (unpaired) electrons. The normalized spacial score (nSPS) is 12.2. The molecular weight excluding hydrogens is 272 g/mol. The van der Waals surface area contributed by atoms with Crippen LogP contribution in [0.3, 0.4) is 0 Å². The van der Waals surface area contributed by atoms with E-state index >= 15 is 0 Å². The smallest absolute Gasteiger partial charge is 0.279 e. The number of carbonyl (C=O) groups excluding carboxylic acids is 1. The van der Waals surface area contributed by atoms with Crippen LogP contribution in [0.15, 0.2) is 54.6 Å². The Morgan fingerprint density at radius 1 is 1.00 bits per heavy atom. The van der Waals surface area contributed by atoms with Crippen molar-refractivity contribution < 1.29 is 10.1 Å². The highest BCUT2D eigenvalue weighted by Crippen LogP contribution is 2.23. The summed E-state index contributed by atoms with van der Waals surface area (Å²) in [4.78, 5) is 12.2. The van der Waals surface area contributed by atoms with Gasteiger partial charge in [0.1, 0.15) is 6.04 Å². The Morgan fingerprint density at radius 3 is 2.32 bits per heavy atom. The fourth-order valence-corrected chi connectivity index (χ4v) is 2.49. The zero-order valence-corrected chi connectivity index (χ0v) is 13.5. The number of para-hydroxylation sites is 1. The molecule has 3 nitrogen and oxygen atoms in total. The van der Waals surface area contributed by atoms with Crippen molar-refractivity contribution in [3.63, 3.8) is 0 Å². The molecule has 0 saturated heterocycles. The highest BCUT2D eigenvalue weighted by atomic mass is 16.1. The van der Waals surface area contributed by atoms with Crippen molar-refractivity contribution in [1.29, 1.82) is 0 Å². The lowest BCUT2D eigenvalue weighted by molar-refractivity contribution is -0.682. The van der Waals surface area contributed by atoms with Crippen molar-refractivity contribution >= 4 is 11.6 Å². The first-order valence-electron chi connectivity index (χ1n) is 7.85. The largest absolute Gasteiger partial charge is 0.333 e. The molecule has 116 valence electrons. The van der Waals surface area contributed by atoms with Gasteiger partial charge in [-0.2, -0.15) is 0 Å². The summed E-state index contributed by atoms with van der Waals surface area (Å²) in [7, 11) is 0. The van der Waals surface area contributed by atoms with Gasteiger partial charge in [-0.05, 0) is 24.5 Å². The summed E-state index contributed by atoms with van der Waals surface area (Å²) in [6.45, 7) is 6.80. The Kier molecular flexibility index (Phi) is 5.73. The minimum absolute atomic E-state index is 0.0379. The fourth-order valence-electron chi connectivity index (χ4n) is 2.49. The quantitative estimate of drug-likeness (QED) is 0.845. The zero-order chi connectivity index (χ0) is 15.9. The molecule has 0 saturated carbocycles. The summed E-state index contributed by atoms with van der Waals surface area (Å²) in [5.74, 6) is 0.430. The van der Waals surface area contributed by atoms with Gasteiger partial charge in [0.2, 0.25) is 0 Å². The Morgan fingerprint density at radius 2 is 1.64 bits per heavy atom. The van der Waals surface area contributed by atoms with Gasteiger partial charge >= 0.3 is 0 Å². The second-order valence-corrected chi connectivity index (χ2v) is 5.93. The van der Waals surface area contributed by atoms with E-state index < -0.39 is 0 Å². The molecule has 0 aliphatic heterocycles. The Bertz CT molecular complexity index is 608. The van der Waals surface area contributed by atoms with E-state index in [2.05, 4.69) is 49.6 Å². The molecule has 1 amide bonds. The van der Waals surface area contributed by atoms with E-state index in [0.29, 0.717) is 12.5 Å². The van der Waals surface area contributed by atoms with Gasteiger partial charge in [-0.1, -0.05) is 62.4 Å². The van der Waals surface area contributed by atoms with E-state index in [1.807, 2.05) is 36.4 Å². The first-order chi connectivity index (χ1) is 10.6. The van der Waals surface area contributed by atoms with Gasteiger partial charge in [-0.3, -0.25) is 4.79 Å². The molecule has 3 heteroatoms. The van der Waals surface area contributed by atoms with Gasteiger partial charge in [-0.25, -0.2) is 0 Å². The van der Waals surface area contributed by atoms with Crippen molar-refractivity contribution in [3.05, 3.63) is 65.7 Å². The number of rotatable bonds is 6. The van der Waals surface area contributed by atoms with Crippen LogP contribution in [0.1, 0.15) is 43.9 Å². The molecule has 0 aliphatic carbocycles. The van der Waals surface area contributed by atoms with Crippen LogP contribution in [-0.4, -0.2) is 12.5 Å². The molecule has 2 aromatic rings. The summed E-state index contributed by atoms with van der Waals surface area (Å²) >= 11 is 0. The molecule has 0 spiro atoms. The Labute approximate surface area is 132 Å². The van der Waals surface area contributed by atoms with Crippen molar-refractivity contribution in [1.82, 2.24) is 0 Å². The zero-order valence-electron chi connectivity index (χ0n) is 13.5. The fraction of sp³-hybridized carbons (Fsp3) is 0.316. The maximum Gasteiger partial charge on any atom is 0.279 e. The average molecular weight is 297 g/mol. The topological polar surface area (TPSA) is 45.7 Å². The summed E-state index contributed by atoms with van der Waals surface area (Å²) in [5, 5.41) is 5.09. The minimum atomic E-state index is 0.0379. The number of benzene rings is 2. The third-order valence-electron chi connectivity index (χ3n) is 3.84. The molecule has 0 heterocycles. The standard InChI is InChI=1S/C19H24N2O/c1-14(2)17-11-7-8-12-18(17)21-19(22)13-20-15(3)16-9-5-4-6-10-16/h4-12,14-15,20H,13H2,1-3H3,(H,21,22)/p+1/t15-/m0/s1. The van der Waals surface area contributed by atoms with E-state index in [1.54, 1.807) is 0 Å². The molecule has 22 heavy (non-hydrogen) atoms. The molecule has 3 N–H and O–H groups in total. The highest BCUT2D eigenvalue weighted by Gasteiger charge is 2.13. The maximum absolute atomic E-state index is 12.2. The van der Waals surface area contributed by atoms with Crippen LogP contribution in [0.4, 0.5) is 5.69 Å². The summed E-state index contributed by atoms with van der Waals surface area (Å²) in [6, 6.07) is 18.5. The number of carbonyl (C=O) groups is 1.